The van der Waals surface area contributed by atoms with Gasteiger partial charge in [0.1, 0.15) is 0 Å². The van der Waals surface area contributed by atoms with Gasteiger partial charge in [-0.3, -0.25) is 9.78 Å². The fourth-order valence-corrected chi connectivity index (χ4v) is 1.45. The van der Waals surface area contributed by atoms with Crippen molar-refractivity contribution in [2.45, 2.75) is 6.92 Å². The number of aromatic nitrogens is 1. The zero-order chi connectivity index (χ0) is 13.0. The molecule has 0 unspecified atom stereocenters. The van der Waals surface area contributed by atoms with Gasteiger partial charge in [-0.05, 0) is 12.1 Å². The van der Waals surface area contributed by atoms with Gasteiger partial charge in [-0.25, -0.2) is 0 Å². The van der Waals surface area contributed by atoms with Gasteiger partial charge in [0.05, 0.1) is 17.6 Å². The molecule has 0 aliphatic heterocycles. The molecule has 2 rings (SSSR count). The number of para-hydroxylation sites is 2. The molecule has 2 aromatic rings. The first-order valence-electron chi connectivity index (χ1n) is 5.41. The normalized spacial score (nSPS) is 9.83. The summed E-state index contributed by atoms with van der Waals surface area (Å²) in [7, 11) is 0. The van der Waals surface area contributed by atoms with Crippen LogP contribution in [0.2, 0.25) is 0 Å². The van der Waals surface area contributed by atoms with Gasteiger partial charge in [0.25, 0.3) is 0 Å². The summed E-state index contributed by atoms with van der Waals surface area (Å²) >= 11 is 0. The van der Waals surface area contributed by atoms with E-state index in [1.807, 2.05) is 12.1 Å². The van der Waals surface area contributed by atoms with E-state index in [2.05, 4.69) is 10.3 Å². The topological polar surface area (TPSA) is 77.2 Å². The highest BCUT2D eigenvalue weighted by Gasteiger charge is 2.07. The van der Waals surface area contributed by atoms with E-state index in [1.165, 1.54) is 13.1 Å². The molecule has 3 N–H and O–H groups in total. The molecule has 0 radical (unpaired) electrons. The van der Waals surface area contributed by atoms with Crippen LogP contribution < -0.4 is 15.8 Å². The summed E-state index contributed by atoms with van der Waals surface area (Å²) < 4.78 is 5.66. The van der Waals surface area contributed by atoms with Crippen molar-refractivity contribution < 1.29 is 9.53 Å². The number of amides is 1. The predicted octanol–water partition coefficient (Wildman–Crippen LogP) is 2.41. The number of pyridine rings is 1. The summed E-state index contributed by atoms with van der Waals surface area (Å²) in [5.74, 6) is 0.877. The zero-order valence-electron chi connectivity index (χ0n) is 9.88. The second kappa shape index (κ2) is 5.18. The summed E-state index contributed by atoms with van der Waals surface area (Å²) in [6.07, 6.45) is 3.10. The van der Waals surface area contributed by atoms with E-state index >= 15 is 0 Å². The quantitative estimate of drug-likeness (QED) is 0.867. The summed E-state index contributed by atoms with van der Waals surface area (Å²) in [6.45, 7) is 1.44. The lowest BCUT2D eigenvalue weighted by Crippen LogP contribution is -2.07. The molecule has 5 nitrogen and oxygen atoms in total. The van der Waals surface area contributed by atoms with Crippen LogP contribution in [0.5, 0.6) is 11.5 Å². The van der Waals surface area contributed by atoms with Gasteiger partial charge >= 0.3 is 0 Å². The molecular formula is C13H13N3O2. The fourth-order valence-electron chi connectivity index (χ4n) is 1.45. The number of ether oxygens (including phenoxy) is 1. The van der Waals surface area contributed by atoms with Crippen molar-refractivity contribution in [1.82, 2.24) is 4.98 Å². The molecule has 5 heteroatoms. The van der Waals surface area contributed by atoms with E-state index in [0.29, 0.717) is 22.9 Å². The molecule has 0 fully saturated rings. The molecule has 1 amide bonds. The summed E-state index contributed by atoms with van der Waals surface area (Å²) in [5, 5.41) is 2.69. The maximum Gasteiger partial charge on any atom is 0.221 e. The SMILES string of the molecule is CC(=O)Nc1ccccc1Oc1ccncc1N. The van der Waals surface area contributed by atoms with Crippen LogP contribution in [0, 0.1) is 0 Å². The third kappa shape index (κ3) is 2.76. The van der Waals surface area contributed by atoms with E-state index in [0.717, 1.165) is 0 Å². The molecule has 0 aliphatic rings. The molecule has 0 atom stereocenters. The molecule has 1 aromatic heterocycles. The van der Waals surface area contributed by atoms with Crippen LogP contribution in [-0.2, 0) is 4.79 Å². The summed E-state index contributed by atoms with van der Waals surface area (Å²) in [6, 6.07) is 8.81. The van der Waals surface area contributed by atoms with Crippen molar-refractivity contribution >= 4 is 17.3 Å². The van der Waals surface area contributed by atoms with Crippen molar-refractivity contribution in [3.05, 3.63) is 42.7 Å². The van der Waals surface area contributed by atoms with Crippen LogP contribution >= 0.6 is 0 Å². The van der Waals surface area contributed by atoms with E-state index in [4.69, 9.17) is 10.5 Å². The molecule has 0 bridgehead atoms. The second-order valence-electron chi connectivity index (χ2n) is 3.69. The molecule has 0 saturated carbocycles. The van der Waals surface area contributed by atoms with E-state index in [9.17, 15) is 4.79 Å². The van der Waals surface area contributed by atoms with Crippen LogP contribution in [0.15, 0.2) is 42.7 Å². The monoisotopic (exact) mass is 243 g/mol. The first kappa shape index (κ1) is 11.9. The van der Waals surface area contributed by atoms with Crippen LogP contribution in [-0.4, -0.2) is 10.9 Å². The van der Waals surface area contributed by atoms with Crippen LogP contribution in [0.4, 0.5) is 11.4 Å². The standard InChI is InChI=1S/C13H13N3O2/c1-9(17)16-11-4-2-3-5-13(11)18-12-6-7-15-8-10(12)14/h2-8H,14H2,1H3,(H,16,17). The highest BCUT2D eigenvalue weighted by atomic mass is 16.5. The minimum Gasteiger partial charge on any atom is -0.453 e. The third-order valence-corrected chi connectivity index (χ3v) is 2.23. The second-order valence-corrected chi connectivity index (χ2v) is 3.69. The van der Waals surface area contributed by atoms with Gasteiger partial charge in [-0.15, -0.1) is 0 Å². The number of nitrogen functional groups attached to an aromatic ring is 1. The van der Waals surface area contributed by atoms with Crippen molar-refractivity contribution in [3.8, 4) is 11.5 Å². The minimum atomic E-state index is -0.159. The molecule has 1 heterocycles. The highest BCUT2D eigenvalue weighted by Crippen LogP contribution is 2.31. The summed E-state index contributed by atoms with van der Waals surface area (Å²) in [4.78, 5) is 15.0. The lowest BCUT2D eigenvalue weighted by Gasteiger charge is -2.12. The molecule has 92 valence electrons. The molecule has 0 saturated heterocycles. The van der Waals surface area contributed by atoms with Gasteiger partial charge < -0.3 is 15.8 Å². The van der Waals surface area contributed by atoms with Gasteiger partial charge in [-0.1, -0.05) is 12.1 Å². The predicted molar refractivity (Wildman–Crippen MR) is 69.5 cm³/mol. The number of hydrogen-bond donors (Lipinski definition) is 2. The van der Waals surface area contributed by atoms with Gasteiger partial charge in [-0.2, -0.15) is 0 Å². The number of anilines is 2. The average molecular weight is 243 g/mol. The number of carbonyl (C=O) groups excluding carboxylic acids is 1. The number of carbonyl (C=O) groups is 1. The first-order valence-corrected chi connectivity index (χ1v) is 5.41. The largest absolute Gasteiger partial charge is 0.453 e. The molecule has 18 heavy (non-hydrogen) atoms. The Morgan fingerprint density at radius 2 is 2.06 bits per heavy atom. The highest BCUT2D eigenvalue weighted by molar-refractivity contribution is 5.90. The maximum atomic E-state index is 11.1. The zero-order valence-corrected chi connectivity index (χ0v) is 9.88. The number of nitrogens with two attached hydrogens (primary N) is 1. The number of nitrogens with one attached hydrogen (secondary N) is 1. The maximum absolute atomic E-state index is 11.1. The van der Waals surface area contributed by atoms with Crippen LogP contribution in [0.3, 0.4) is 0 Å². The molecule has 0 aliphatic carbocycles. The number of nitrogens with zero attached hydrogens (tertiary/aromatic N) is 1. The fraction of sp³-hybridized carbons (Fsp3) is 0.0769. The Balaban J connectivity index is 2.29. The molecule has 0 spiro atoms. The van der Waals surface area contributed by atoms with E-state index in [1.54, 1.807) is 24.4 Å². The molecular weight excluding hydrogens is 230 g/mol. The lowest BCUT2D eigenvalue weighted by atomic mass is 10.3. The number of benzene rings is 1. The van der Waals surface area contributed by atoms with Crippen molar-refractivity contribution in [2.24, 2.45) is 0 Å². The van der Waals surface area contributed by atoms with E-state index < -0.39 is 0 Å². The van der Waals surface area contributed by atoms with Crippen molar-refractivity contribution in [1.29, 1.82) is 0 Å². The Hall–Kier alpha value is -2.56. The third-order valence-electron chi connectivity index (χ3n) is 2.23. The minimum absolute atomic E-state index is 0.159. The molecule has 1 aromatic carbocycles. The Bertz CT molecular complexity index is 570. The number of hydrogen-bond acceptors (Lipinski definition) is 4. The first-order chi connectivity index (χ1) is 8.66. The van der Waals surface area contributed by atoms with Crippen LogP contribution in [0.25, 0.3) is 0 Å². The lowest BCUT2D eigenvalue weighted by molar-refractivity contribution is -0.114. The Labute approximate surface area is 105 Å². The van der Waals surface area contributed by atoms with Crippen molar-refractivity contribution in [3.63, 3.8) is 0 Å². The Morgan fingerprint density at radius 3 is 2.78 bits per heavy atom. The van der Waals surface area contributed by atoms with Crippen LogP contribution in [0.1, 0.15) is 6.92 Å². The van der Waals surface area contributed by atoms with Gasteiger partial charge in [0.15, 0.2) is 11.5 Å². The number of rotatable bonds is 3. The van der Waals surface area contributed by atoms with E-state index in [-0.39, 0.29) is 5.91 Å². The smallest absolute Gasteiger partial charge is 0.221 e. The van der Waals surface area contributed by atoms with Crippen molar-refractivity contribution in [2.75, 3.05) is 11.1 Å². The Morgan fingerprint density at radius 1 is 1.28 bits per heavy atom. The van der Waals surface area contributed by atoms with Gasteiger partial charge in [0.2, 0.25) is 5.91 Å². The Kier molecular flexibility index (Phi) is 3.43. The summed E-state index contributed by atoms with van der Waals surface area (Å²) in [5.41, 5.74) is 6.78. The van der Waals surface area contributed by atoms with Gasteiger partial charge in [0, 0.05) is 19.2 Å². The average Bonchev–Trinajstić information content (AvgIpc) is 2.34.